The van der Waals surface area contributed by atoms with Gasteiger partial charge < -0.3 is 19.6 Å². The van der Waals surface area contributed by atoms with E-state index in [1.165, 1.54) is 11.0 Å². The molecule has 7 nitrogen and oxygen atoms in total. The summed E-state index contributed by atoms with van der Waals surface area (Å²) in [7, 11) is 3.78. The van der Waals surface area contributed by atoms with Crippen molar-refractivity contribution in [1.82, 2.24) is 15.0 Å². The van der Waals surface area contributed by atoms with Crippen molar-refractivity contribution in [2.24, 2.45) is 0 Å². The number of halogens is 2. The number of hydrogen-bond donors (Lipinski definition) is 1. The lowest BCUT2D eigenvalue weighted by Crippen LogP contribution is -2.41. The van der Waals surface area contributed by atoms with Crippen molar-refractivity contribution in [3.8, 4) is 0 Å². The molecule has 2 rings (SSSR count). The van der Waals surface area contributed by atoms with Crippen molar-refractivity contribution in [2.75, 3.05) is 39.0 Å². The number of likely N-dealkylation sites (N-methyl/N-ethyl adjacent to an activating group) is 1. The number of rotatable bonds is 7. The van der Waals surface area contributed by atoms with E-state index < -0.39 is 0 Å². The molecule has 140 valence electrons. The number of nitrogens with zero attached hydrogens (tertiary/aromatic N) is 3. The standard InChI is InChI=1S/C17H20Cl2N4O3/c1-11-8-15(21-26-11)20-16(24)10-23(7-6-22(2)3)17(25)12-4-5-13(18)14(19)9-12/h4-5,8-9H,6-7,10H2,1-3H3,(H,20,21,24). The minimum Gasteiger partial charge on any atom is -0.360 e. The molecule has 0 saturated carbocycles. The fourth-order valence-corrected chi connectivity index (χ4v) is 2.46. The van der Waals surface area contributed by atoms with Crippen molar-refractivity contribution in [2.45, 2.75) is 6.92 Å². The van der Waals surface area contributed by atoms with E-state index in [1.807, 2.05) is 19.0 Å². The van der Waals surface area contributed by atoms with Gasteiger partial charge in [-0.05, 0) is 39.2 Å². The summed E-state index contributed by atoms with van der Waals surface area (Å²) in [6, 6.07) is 6.23. The average molecular weight is 399 g/mol. The Morgan fingerprint density at radius 2 is 1.88 bits per heavy atom. The Kier molecular flexibility index (Phi) is 7.02. The molecule has 26 heavy (non-hydrogen) atoms. The van der Waals surface area contributed by atoms with Crippen molar-refractivity contribution < 1.29 is 14.1 Å². The van der Waals surface area contributed by atoms with Gasteiger partial charge in [0, 0.05) is 24.7 Å². The monoisotopic (exact) mass is 398 g/mol. The number of carbonyl (C=O) groups excluding carboxylic acids is 2. The lowest BCUT2D eigenvalue weighted by molar-refractivity contribution is -0.117. The van der Waals surface area contributed by atoms with Crippen LogP contribution in [-0.2, 0) is 4.79 Å². The Morgan fingerprint density at radius 1 is 1.15 bits per heavy atom. The molecule has 0 aliphatic heterocycles. The first-order valence-corrected chi connectivity index (χ1v) is 8.64. The highest BCUT2D eigenvalue weighted by Gasteiger charge is 2.20. The fraction of sp³-hybridized carbons (Fsp3) is 0.353. The van der Waals surface area contributed by atoms with E-state index in [1.54, 1.807) is 25.1 Å². The quantitative estimate of drug-likeness (QED) is 0.775. The highest BCUT2D eigenvalue weighted by Crippen LogP contribution is 2.23. The summed E-state index contributed by atoms with van der Waals surface area (Å²) in [6.07, 6.45) is 0. The smallest absolute Gasteiger partial charge is 0.254 e. The van der Waals surface area contributed by atoms with Gasteiger partial charge in [0.1, 0.15) is 12.3 Å². The molecule has 0 aliphatic rings. The topological polar surface area (TPSA) is 78.7 Å². The summed E-state index contributed by atoms with van der Waals surface area (Å²) in [4.78, 5) is 28.5. The van der Waals surface area contributed by atoms with E-state index in [2.05, 4.69) is 10.5 Å². The van der Waals surface area contributed by atoms with E-state index in [-0.39, 0.29) is 23.4 Å². The lowest BCUT2D eigenvalue weighted by Gasteiger charge is -2.24. The van der Waals surface area contributed by atoms with Gasteiger partial charge in [0.15, 0.2) is 5.82 Å². The molecule has 0 fully saturated rings. The predicted octanol–water partition coefficient (Wildman–Crippen LogP) is 2.93. The normalized spacial score (nSPS) is 10.8. The van der Waals surface area contributed by atoms with Crippen LogP contribution in [0.3, 0.4) is 0 Å². The zero-order valence-corrected chi connectivity index (χ0v) is 16.3. The van der Waals surface area contributed by atoms with Crippen LogP contribution in [0, 0.1) is 6.92 Å². The highest BCUT2D eigenvalue weighted by atomic mass is 35.5. The van der Waals surface area contributed by atoms with Crippen LogP contribution in [0.4, 0.5) is 5.82 Å². The van der Waals surface area contributed by atoms with Crippen LogP contribution in [0.15, 0.2) is 28.8 Å². The molecule has 1 heterocycles. The second kappa shape index (κ2) is 9.02. The zero-order valence-electron chi connectivity index (χ0n) is 14.8. The Balaban J connectivity index is 2.12. The second-order valence-electron chi connectivity index (χ2n) is 6.03. The van der Waals surface area contributed by atoms with E-state index in [0.717, 1.165) is 0 Å². The lowest BCUT2D eigenvalue weighted by atomic mass is 10.2. The fourth-order valence-electron chi connectivity index (χ4n) is 2.17. The van der Waals surface area contributed by atoms with E-state index in [4.69, 9.17) is 27.7 Å². The third-order valence-electron chi connectivity index (χ3n) is 3.50. The third-order valence-corrected chi connectivity index (χ3v) is 4.24. The third kappa shape index (κ3) is 5.72. The first-order valence-electron chi connectivity index (χ1n) is 7.88. The number of nitrogens with one attached hydrogen (secondary N) is 1. The molecule has 0 aliphatic carbocycles. The number of aromatic nitrogens is 1. The summed E-state index contributed by atoms with van der Waals surface area (Å²) in [5.41, 5.74) is 0.364. The Hall–Kier alpha value is -2.09. The van der Waals surface area contributed by atoms with Crippen LogP contribution in [0.2, 0.25) is 10.0 Å². The SMILES string of the molecule is Cc1cc(NC(=O)CN(CCN(C)C)C(=O)c2ccc(Cl)c(Cl)c2)no1. The molecular formula is C17H20Cl2N4O3. The van der Waals surface area contributed by atoms with Crippen LogP contribution >= 0.6 is 23.2 Å². The Bertz CT molecular complexity index is 792. The van der Waals surface area contributed by atoms with Crippen LogP contribution in [0.1, 0.15) is 16.1 Å². The summed E-state index contributed by atoms with van der Waals surface area (Å²) in [6.45, 7) is 2.57. The Morgan fingerprint density at radius 3 is 2.46 bits per heavy atom. The minimum atomic E-state index is -0.370. The van der Waals surface area contributed by atoms with Gasteiger partial charge in [0.05, 0.1) is 10.0 Å². The number of benzene rings is 1. The van der Waals surface area contributed by atoms with Crippen LogP contribution in [-0.4, -0.2) is 60.5 Å². The molecular weight excluding hydrogens is 379 g/mol. The molecule has 0 bridgehead atoms. The van der Waals surface area contributed by atoms with Gasteiger partial charge in [-0.1, -0.05) is 28.4 Å². The van der Waals surface area contributed by atoms with Gasteiger partial charge in [-0.2, -0.15) is 0 Å². The molecule has 0 radical (unpaired) electrons. The molecule has 2 amide bonds. The second-order valence-corrected chi connectivity index (χ2v) is 6.84. The van der Waals surface area contributed by atoms with Gasteiger partial charge in [-0.15, -0.1) is 0 Å². The number of aryl methyl sites for hydroxylation is 1. The van der Waals surface area contributed by atoms with E-state index in [0.29, 0.717) is 35.3 Å². The minimum absolute atomic E-state index is 0.126. The van der Waals surface area contributed by atoms with E-state index >= 15 is 0 Å². The predicted molar refractivity (Wildman–Crippen MR) is 101 cm³/mol. The molecule has 1 N–H and O–H groups in total. The summed E-state index contributed by atoms with van der Waals surface area (Å²) < 4.78 is 4.91. The number of amides is 2. The van der Waals surface area contributed by atoms with Gasteiger partial charge in [-0.3, -0.25) is 9.59 Å². The molecule has 9 heteroatoms. The zero-order chi connectivity index (χ0) is 19.3. The maximum absolute atomic E-state index is 12.8. The van der Waals surface area contributed by atoms with Crippen LogP contribution in [0.25, 0.3) is 0 Å². The van der Waals surface area contributed by atoms with Crippen molar-refractivity contribution in [1.29, 1.82) is 0 Å². The van der Waals surface area contributed by atoms with Gasteiger partial charge >= 0.3 is 0 Å². The van der Waals surface area contributed by atoms with Gasteiger partial charge in [-0.25, -0.2) is 0 Å². The molecule has 0 atom stereocenters. The average Bonchev–Trinajstić information content (AvgIpc) is 2.98. The molecule has 0 saturated heterocycles. The summed E-state index contributed by atoms with van der Waals surface area (Å²) in [5, 5.41) is 6.97. The highest BCUT2D eigenvalue weighted by molar-refractivity contribution is 6.42. The molecule has 1 aromatic carbocycles. The van der Waals surface area contributed by atoms with Crippen molar-refractivity contribution >= 4 is 40.8 Å². The van der Waals surface area contributed by atoms with Gasteiger partial charge in [0.25, 0.3) is 5.91 Å². The first-order chi connectivity index (χ1) is 12.3. The molecule has 2 aromatic rings. The molecule has 0 unspecified atom stereocenters. The largest absolute Gasteiger partial charge is 0.360 e. The number of hydrogen-bond acceptors (Lipinski definition) is 5. The summed E-state index contributed by atoms with van der Waals surface area (Å²) in [5.74, 6) is 0.209. The van der Waals surface area contributed by atoms with Crippen molar-refractivity contribution in [3.63, 3.8) is 0 Å². The number of anilines is 1. The van der Waals surface area contributed by atoms with Crippen molar-refractivity contribution in [3.05, 3.63) is 45.6 Å². The maximum atomic E-state index is 12.8. The van der Waals surface area contributed by atoms with E-state index in [9.17, 15) is 9.59 Å². The van der Waals surface area contributed by atoms with Crippen LogP contribution < -0.4 is 5.32 Å². The number of carbonyl (C=O) groups is 2. The first kappa shape index (κ1) is 20.2. The van der Waals surface area contributed by atoms with Gasteiger partial charge in [0.2, 0.25) is 5.91 Å². The maximum Gasteiger partial charge on any atom is 0.254 e. The Labute approximate surface area is 161 Å². The molecule has 1 aromatic heterocycles. The molecule has 0 spiro atoms. The summed E-state index contributed by atoms with van der Waals surface area (Å²) >= 11 is 11.9. The van der Waals surface area contributed by atoms with Crippen LogP contribution in [0.5, 0.6) is 0 Å².